The summed E-state index contributed by atoms with van der Waals surface area (Å²) in [4.78, 5) is 38.4. The van der Waals surface area contributed by atoms with Gasteiger partial charge in [-0.1, -0.05) is 296 Å². The van der Waals surface area contributed by atoms with Crippen LogP contribution in [0.3, 0.4) is 0 Å². The van der Waals surface area contributed by atoms with Gasteiger partial charge in [0.05, 0.1) is 0 Å². The highest BCUT2D eigenvalue weighted by atomic mass is 16.6. The maximum Gasteiger partial charge on any atom is 0.306 e. The van der Waals surface area contributed by atoms with Gasteiger partial charge in [0.1, 0.15) is 13.2 Å². The molecule has 1 atom stereocenters. The zero-order chi connectivity index (χ0) is 59.9. The number of allylic oxidation sites excluding steroid dienone is 22. The van der Waals surface area contributed by atoms with Crippen LogP contribution < -0.4 is 0 Å². The average Bonchev–Trinajstić information content (AvgIpc) is 3.49. The molecule has 0 spiro atoms. The van der Waals surface area contributed by atoms with Crippen molar-refractivity contribution >= 4 is 17.9 Å². The van der Waals surface area contributed by atoms with E-state index in [0.717, 1.165) is 128 Å². The number of carbonyl (C=O) groups is 3. The van der Waals surface area contributed by atoms with Crippen molar-refractivity contribution < 1.29 is 28.6 Å². The molecular formula is C77H128O6. The molecule has 0 rings (SSSR count). The second-order valence-corrected chi connectivity index (χ2v) is 22.7. The van der Waals surface area contributed by atoms with Crippen LogP contribution in [-0.2, 0) is 28.6 Å². The first kappa shape index (κ1) is 78.5. The van der Waals surface area contributed by atoms with E-state index in [9.17, 15) is 14.4 Å². The first-order valence-electron chi connectivity index (χ1n) is 34.7. The maximum absolute atomic E-state index is 13.0. The van der Waals surface area contributed by atoms with Crippen molar-refractivity contribution in [3.05, 3.63) is 134 Å². The third-order valence-electron chi connectivity index (χ3n) is 14.6. The Morgan fingerprint density at radius 2 is 0.470 bits per heavy atom. The first-order chi connectivity index (χ1) is 41.0. The van der Waals surface area contributed by atoms with Gasteiger partial charge >= 0.3 is 17.9 Å². The van der Waals surface area contributed by atoms with Gasteiger partial charge in [0.25, 0.3) is 0 Å². The summed E-state index contributed by atoms with van der Waals surface area (Å²) in [5.41, 5.74) is 0. The molecule has 0 heterocycles. The van der Waals surface area contributed by atoms with Crippen molar-refractivity contribution in [2.75, 3.05) is 13.2 Å². The SMILES string of the molecule is CC/C=C\C/C=C\C/C=C\C/C=C\C/C=C\C/C=C\CCCCCCCCCCCCC(=O)OCC(COC(=O)CCCCCCC/C=C\CCCCCC)OC(=O)CCCCCCCCCCCC/C=C\C/C=C\C/C=C\C/C=C\CC. The van der Waals surface area contributed by atoms with E-state index in [-0.39, 0.29) is 31.1 Å². The predicted octanol–water partition coefficient (Wildman–Crippen LogP) is 24.1. The van der Waals surface area contributed by atoms with Gasteiger partial charge in [-0.3, -0.25) is 14.4 Å². The molecule has 0 radical (unpaired) electrons. The fraction of sp³-hybridized carbons (Fsp3) is 0.675. The van der Waals surface area contributed by atoms with Gasteiger partial charge in [-0.25, -0.2) is 0 Å². The largest absolute Gasteiger partial charge is 0.462 e. The summed E-state index contributed by atoms with van der Waals surface area (Å²) in [6.45, 7) is 6.41. The maximum atomic E-state index is 13.0. The molecule has 0 aliphatic carbocycles. The molecule has 0 amide bonds. The van der Waals surface area contributed by atoms with Crippen LogP contribution in [0, 0.1) is 0 Å². The van der Waals surface area contributed by atoms with Crippen LogP contribution in [0.2, 0.25) is 0 Å². The van der Waals surface area contributed by atoms with Crippen molar-refractivity contribution in [3.8, 4) is 0 Å². The van der Waals surface area contributed by atoms with Crippen LogP contribution in [0.15, 0.2) is 134 Å². The molecule has 0 bridgehead atoms. The number of esters is 3. The number of hydrogen-bond donors (Lipinski definition) is 0. The van der Waals surface area contributed by atoms with Crippen molar-refractivity contribution in [1.82, 2.24) is 0 Å². The fourth-order valence-electron chi connectivity index (χ4n) is 9.49. The highest BCUT2D eigenvalue weighted by Gasteiger charge is 2.19. The summed E-state index contributed by atoms with van der Waals surface area (Å²) < 4.78 is 17.0. The van der Waals surface area contributed by atoms with Gasteiger partial charge in [0.15, 0.2) is 6.10 Å². The van der Waals surface area contributed by atoms with E-state index in [4.69, 9.17) is 14.2 Å². The molecule has 6 nitrogen and oxygen atoms in total. The van der Waals surface area contributed by atoms with Crippen molar-refractivity contribution in [3.63, 3.8) is 0 Å². The van der Waals surface area contributed by atoms with E-state index in [1.807, 2.05) is 0 Å². The molecule has 472 valence electrons. The Bertz CT molecular complexity index is 1750. The van der Waals surface area contributed by atoms with Crippen molar-refractivity contribution in [1.29, 1.82) is 0 Å². The predicted molar refractivity (Wildman–Crippen MR) is 362 cm³/mol. The second kappa shape index (κ2) is 70.0. The monoisotopic (exact) mass is 1150 g/mol. The molecule has 0 aromatic heterocycles. The standard InChI is InChI=1S/C77H128O6/c1-4-7-10-13-16-19-22-25-27-29-31-33-35-36-37-38-39-40-42-43-45-47-49-52-55-58-61-64-67-70-76(79)82-73-74(72-81-75(78)69-66-63-60-57-54-51-24-21-18-15-12-9-6-3)83-77(80)71-68-65-62-59-56-53-50-48-46-44-41-34-32-30-28-26-23-20-17-14-11-8-5-2/h7-8,10-11,16-17,19-21,24-28,31-34,36-37,39-40,74H,4-6,9,12-15,18,22-23,29-30,35,38,41-73H2,1-3H3/b10-7-,11-8-,19-16-,20-17-,24-21-,27-25-,28-26-,33-31-,34-32-,37-36-,40-39-. The third-order valence-corrected chi connectivity index (χ3v) is 14.6. The highest BCUT2D eigenvalue weighted by molar-refractivity contribution is 5.71. The average molecular weight is 1150 g/mol. The second-order valence-electron chi connectivity index (χ2n) is 22.7. The van der Waals surface area contributed by atoms with E-state index < -0.39 is 6.10 Å². The Hall–Kier alpha value is -4.45. The molecule has 83 heavy (non-hydrogen) atoms. The molecule has 0 aromatic rings. The summed E-state index contributed by atoms with van der Waals surface area (Å²) in [6, 6.07) is 0. The minimum absolute atomic E-state index is 0.0864. The summed E-state index contributed by atoms with van der Waals surface area (Å²) in [6.07, 6.45) is 98.9. The number of rotatable bonds is 62. The van der Waals surface area contributed by atoms with Gasteiger partial charge in [0, 0.05) is 19.3 Å². The van der Waals surface area contributed by atoms with Gasteiger partial charge < -0.3 is 14.2 Å². The van der Waals surface area contributed by atoms with E-state index in [1.54, 1.807) is 0 Å². The Balaban J connectivity index is 4.32. The zero-order valence-corrected chi connectivity index (χ0v) is 54.2. The Labute approximate surface area is 513 Å². The molecule has 0 N–H and O–H groups in total. The highest BCUT2D eigenvalue weighted by Crippen LogP contribution is 2.16. The van der Waals surface area contributed by atoms with Crippen LogP contribution in [0.5, 0.6) is 0 Å². The summed E-state index contributed by atoms with van der Waals surface area (Å²) in [5, 5.41) is 0. The van der Waals surface area contributed by atoms with Crippen LogP contribution in [0.25, 0.3) is 0 Å². The number of unbranched alkanes of at least 4 members (excludes halogenated alkanes) is 29. The first-order valence-corrected chi connectivity index (χ1v) is 34.7. The van der Waals surface area contributed by atoms with Gasteiger partial charge in [-0.15, -0.1) is 0 Å². The Morgan fingerprint density at radius 1 is 0.253 bits per heavy atom. The molecule has 0 aliphatic heterocycles. The summed E-state index contributed by atoms with van der Waals surface area (Å²) in [7, 11) is 0. The van der Waals surface area contributed by atoms with E-state index in [1.165, 1.54) is 148 Å². The van der Waals surface area contributed by atoms with E-state index in [0.29, 0.717) is 19.3 Å². The van der Waals surface area contributed by atoms with Crippen LogP contribution in [0.4, 0.5) is 0 Å². The van der Waals surface area contributed by atoms with Gasteiger partial charge in [-0.05, 0) is 135 Å². The van der Waals surface area contributed by atoms with Crippen LogP contribution >= 0.6 is 0 Å². The lowest BCUT2D eigenvalue weighted by Gasteiger charge is -2.18. The fourth-order valence-corrected chi connectivity index (χ4v) is 9.49. The lowest BCUT2D eigenvalue weighted by atomic mass is 10.0. The molecular weight excluding hydrogens is 1020 g/mol. The quantitative estimate of drug-likeness (QED) is 0.0261. The summed E-state index contributed by atoms with van der Waals surface area (Å²) in [5.74, 6) is -0.896. The number of hydrogen-bond acceptors (Lipinski definition) is 6. The molecule has 1 unspecified atom stereocenters. The minimum Gasteiger partial charge on any atom is -0.462 e. The molecule has 0 fully saturated rings. The van der Waals surface area contributed by atoms with Crippen LogP contribution in [-0.4, -0.2) is 37.2 Å². The van der Waals surface area contributed by atoms with Gasteiger partial charge in [-0.2, -0.15) is 0 Å². The molecule has 0 aromatic carbocycles. The minimum atomic E-state index is -0.791. The Kier molecular flexibility index (Phi) is 66.3. The lowest BCUT2D eigenvalue weighted by molar-refractivity contribution is -0.167. The molecule has 6 heteroatoms. The normalized spacial score (nSPS) is 13.0. The third kappa shape index (κ3) is 68.2. The zero-order valence-electron chi connectivity index (χ0n) is 54.2. The molecule has 0 saturated heterocycles. The molecule has 0 aliphatic rings. The summed E-state index contributed by atoms with van der Waals surface area (Å²) >= 11 is 0. The number of carbonyl (C=O) groups excluding carboxylic acids is 3. The smallest absolute Gasteiger partial charge is 0.306 e. The van der Waals surface area contributed by atoms with Gasteiger partial charge in [0.2, 0.25) is 0 Å². The van der Waals surface area contributed by atoms with Crippen molar-refractivity contribution in [2.45, 2.75) is 322 Å². The van der Waals surface area contributed by atoms with Crippen LogP contribution in [0.1, 0.15) is 316 Å². The topological polar surface area (TPSA) is 78.9 Å². The van der Waals surface area contributed by atoms with E-state index in [2.05, 4.69) is 154 Å². The Morgan fingerprint density at radius 3 is 0.747 bits per heavy atom. The number of ether oxygens (including phenoxy) is 3. The molecule has 0 saturated carbocycles. The van der Waals surface area contributed by atoms with E-state index >= 15 is 0 Å². The van der Waals surface area contributed by atoms with Crippen molar-refractivity contribution in [2.24, 2.45) is 0 Å². The lowest BCUT2D eigenvalue weighted by Crippen LogP contribution is -2.30.